The fourth-order valence-electron chi connectivity index (χ4n) is 1.99. The highest BCUT2D eigenvalue weighted by molar-refractivity contribution is 6.02. The average molecular weight is 367 g/mol. The number of ether oxygens (including phenoxy) is 4. The highest BCUT2D eigenvalue weighted by atomic mass is 16.6. The zero-order valence-corrected chi connectivity index (χ0v) is 15.3. The maximum Gasteiger partial charge on any atom is 0.340 e. The Kier molecular flexibility index (Phi) is 9.59. The van der Waals surface area contributed by atoms with Crippen LogP contribution < -0.4 is 14.8 Å². The second-order valence-corrected chi connectivity index (χ2v) is 5.13. The molecule has 1 aromatic rings. The van der Waals surface area contributed by atoms with Crippen molar-refractivity contribution in [2.45, 2.75) is 32.7 Å². The van der Waals surface area contributed by atoms with E-state index in [1.54, 1.807) is 45.2 Å². The van der Waals surface area contributed by atoms with Crippen LogP contribution in [0.4, 0.5) is 0 Å². The van der Waals surface area contributed by atoms with Gasteiger partial charge in [-0.25, -0.2) is 9.59 Å². The summed E-state index contributed by atoms with van der Waals surface area (Å²) in [6.45, 7) is 3.72. The van der Waals surface area contributed by atoms with Crippen LogP contribution in [0.25, 0.3) is 0 Å². The van der Waals surface area contributed by atoms with Crippen molar-refractivity contribution in [3.05, 3.63) is 24.3 Å². The molecule has 0 radical (unpaired) electrons. The van der Waals surface area contributed by atoms with Crippen LogP contribution in [-0.4, -0.2) is 50.8 Å². The number of esters is 2. The number of amides is 1. The quantitative estimate of drug-likeness (QED) is 0.359. The number of hydrogen-bond donors (Lipinski definition) is 1. The molecule has 0 saturated heterocycles. The van der Waals surface area contributed by atoms with E-state index in [0.29, 0.717) is 18.8 Å². The molecule has 8 nitrogen and oxygen atoms in total. The van der Waals surface area contributed by atoms with Crippen LogP contribution in [0.1, 0.15) is 26.7 Å². The predicted molar refractivity (Wildman–Crippen MR) is 92.9 cm³/mol. The minimum absolute atomic E-state index is 0.0888. The van der Waals surface area contributed by atoms with Crippen LogP contribution in [-0.2, 0) is 23.9 Å². The third-order valence-electron chi connectivity index (χ3n) is 3.23. The van der Waals surface area contributed by atoms with Crippen molar-refractivity contribution in [1.29, 1.82) is 0 Å². The Bertz CT molecular complexity index is 568. The lowest BCUT2D eigenvalue weighted by Crippen LogP contribution is -2.48. The maximum atomic E-state index is 12.0. The monoisotopic (exact) mass is 367 g/mol. The lowest BCUT2D eigenvalue weighted by molar-refractivity contribution is -0.159. The Morgan fingerprint density at radius 2 is 1.50 bits per heavy atom. The fraction of sp³-hybridized carbons (Fsp3) is 0.500. The van der Waals surface area contributed by atoms with E-state index in [9.17, 15) is 14.4 Å². The Labute approximate surface area is 152 Å². The summed E-state index contributed by atoms with van der Waals surface area (Å²) in [5.41, 5.74) is 0. The van der Waals surface area contributed by atoms with E-state index in [-0.39, 0.29) is 19.6 Å². The van der Waals surface area contributed by atoms with Gasteiger partial charge in [-0.2, -0.15) is 0 Å². The van der Waals surface area contributed by atoms with Gasteiger partial charge in [-0.1, -0.05) is 0 Å². The average Bonchev–Trinajstić information content (AvgIpc) is 2.64. The van der Waals surface area contributed by atoms with E-state index >= 15 is 0 Å². The Morgan fingerprint density at radius 1 is 0.962 bits per heavy atom. The van der Waals surface area contributed by atoms with Gasteiger partial charge in [0.1, 0.15) is 11.5 Å². The molecule has 0 spiro atoms. The van der Waals surface area contributed by atoms with Crippen molar-refractivity contribution in [1.82, 2.24) is 5.32 Å². The molecule has 1 amide bonds. The molecule has 8 heteroatoms. The molecule has 0 heterocycles. The van der Waals surface area contributed by atoms with Crippen molar-refractivity contribution >= 4 is 17.8 Å². The van der Waals surface area contributed by atoms with Crippen molar-refractivity contribution in [2.75, 3.05) is 26.9 Å². The second-order valence-electron chi connectivity index (χ2n) is 5.13. The van der Waals surface area contributed by atoms with E-state index in [1.807, 2.05) is 0 Å². The largest absolute Gasteiger partial charge is 0.497 e. The molecule has 0 aliphatic heterocycles. The van der Waals surface area contributed by atoms with E-state index in [4.69, 9.17) is 18.9 Å². The van der Waals surface area contributed by atoms with Crippen LogP contribution in [0.5, 0.6) is 11.5 Å². The molecule has 26 heavy (non-hydrogen) atoms. The van der Waals surface area contributed by atoms with Crippen LogP contribution in [0.2, 0.25) is 0 Å². The molecule has 0 aliphatic rings. The van der Waals surface area contributed by atoms with Gasteiger partial charge in [0.2, 0.25) is 11.9 Å². The lowest BCUT2D eigenvalue weighted by atomic mass is 10.2. The van der Waals surface area contributed by atoms with E-state index < -0.39 is 23.9 Å². The molecule has 1 N–H and O–H groups in total. The minimum atomic E-state index is -1.45. The topological polar surface area (TPSA) is 100 Å². The van der Waals surface area contributed by atoms with Crippen molar-refractivity contribution in [3.8, 4) is 11.5 Å². The van der Waals surface area contributed by atoms with Crippen molar-refractivity contribution in [2.24, 2.45) is 0 Å². The Hall–Kier alpha value is -2.77. The second kappa shape index (κ2) is 11.7. The molecule has 0 bridgehead atoms. The molecule has 0 atom stereocenters. The minimum Gasteiger partial charge on any atom is -0.497 e. The van der Waals surface area contributed by atoms with Crippen LogP contribution in [0, 0.1) is 0 Å². The molecule has 0 saturated carbocycles. The summed E-state index contributed by atoms with van der Waals surface area (Å²) in [7, 11) is 1.58. The van der Waals surface area contributed by atoms with Gasteiger partial charge in [0, 0.05) is 6.42 Å². The van der Waals surface area contributed by atoms with Gasteiger partial charge in [0.05, 0.1) is 26.9 Å². The Morgan fingerprint density at radius 3 is 2.00 bits per heavy atom. The number of hydrogen-bond acceptors (Lipinski definition) is 7. The van der Waals surface area contributed by atoms with E-state index in [2.05, 4.69) is 5.32 Å². The SMILES string of the molecule is CCOC(=O)C(NC(=O)CCCOc1ccc(OC)cc1)C(=O)OCC. The van der Waals surface area contributed by atoms with Gasteiger partial charge in [-0.05, 0) is 44.5 Å². The number of rotatable bonds is 11. The highest BCUT2D eigenvalue weighted by Crippen LogP contribution is 2.17. The third-order valence-corrected chi connectivity index (χ3v) is 3.23. The lowest BCUT2D eigenvalue weighted by Gasteiger charge is -2.15. The summed E-state index contributed by atoms with van der Waals surface area (Å²) >= 11 is 0. The summed E-state index contributed by atoms with van der Waals surface area (Å²) in [5, 5.41) is 2.34. The molecular formula is C18H25NO7. The van der Waals surface area contributed by atoms with Gasteiger partial charge in [-0.3, -0.25) is 4.79 Å². The molecule has 1 rings (SSSR count). The molecular weight excluding hydrogens is 342 g/mol. The molecule has 0 unspecified atom stereocenters. The zero-order valence-electron chi connectivity index (χ0n) is 15.3. The number of nitrogens with one attached hydrogen (secondary N) is 1. The first-order valence-corrected chi connectivity index (χ1v) is 8.41. The molecule has 144 valence electrons. The van der Waals surface area contributed by atoms with Gasteiger partial charge in [0.25, 0.3) is 0 Å². The van der Waals surface area contributed by atoms with Gasteiger partial charge < -0.3 is 24.3 Å². The fourth-order valence-corrected chi connectivity index (χ4v) is 1.99. The van der Waals surface area contributed by atoms with Crippen molar-refractivity contribution in [3.63, 3.8) is 0 Å². The molecule has 1 aromatic carbocycles. The number of carbonyl (C=O) groups is 3. The first-order valence-electron chi connectivity index (χ1n) is 8.41. The third kappa shape index (κ3) is 7.42. The highest BCUT2D eigenvalue weighted by Gasteiger charge is 2.30. The number of methoxy groups -OCH3 is 1. The standard InChI is InChI=1S/C18H25NO7/c1-4-24-17(21)16(18(22)25-5-2)19-15(20)7-6-12-26-14-10-8-13(23-3)9-11-14/h8-11,16H,4-7,12H2,1-3H3,(H,19,20). The molecule has 0 aromatic heterocycles. The number of benzene rings is 1. The zero-order chi connectivity index (χ0) is 19.4. The maximum absolute atomic E-state index is 12.0. The summed E-state index contributed by atoms with van der Waals surface area (Å²) < 4.78 is 20.1. The summed E-state index contributed by atoms with van der Waals surface area (Å²) in [5.74, 6) is -0.764. The normalized spacial score (nSPS) is 10.2. The predicted octanol–water partition coefficient (Wildman–Crippen LogP) is 1.47. The van der Waals surface area contributed by atoms with Gasteiger partial charge >= 0.3 is 11.9 Å². The summed E-state index contributed by atoms with van der Waals surface area (Å²) in [6.07, 6.45) is 0.502. The van der Waals surface area contributed by atoms with Crippen LogP contribution >= 0.6 is 0 Å². The first-order chi connectivity index (χ1) is 12.5. The summed E-state index contributed by atoms with van der Waals surface area (Å²) in [4.78, 5) is 35.5. The van der Waals surface area contributed by atoms with Crippen molar-refractivity contribution < 1.29 is 33.3 Å². The van der Waals surface area contributed by atoms with Crippen LogP contribution in [0.3, 0.4) is 0 Å². The van der Waals surface area contributed by atoms with Gasteiger partial charge in [-0.15, -0.1) is 0 Å². The van der Waals surface area contributed by atoms with E-state index in [1.165, 1.54) is 0 Å². The smallest absolute Gasteiger partial charge is 0.340 e. The summed E-state index contributed by atoms with van der Waals surface area (Å²) in [6, 6.07) is 5.61. The first kappa shape index (κ1) is 21.3. The van der Waals surface area contributed by atoms with Gasteiger partial charge in [0.15, 0.2) is 0 Å². The molecule has 0 fully saturated rings. The number of carbonyl (C=O) groups excluding carboxylic acids is 3. The molecule has 0 aliphatic carbocycles. The Balaban J connectivity index is 2.41. The van der Waals surface area contributed by atoms with E-state index in [0.717, 1.165) is 5.75 Å². The van der Waals surface area contributed by atoms with Crippen LogP contribution in [0.15, 0.2) is 24.3 Å².